The molecule has 5 rings (SSSR count). The molecule has 0 radical (unpaired) electrons. The standard InChI is InChI=1S/C21H27N5OS/c1-16-6-12-28-19(16)15-24-7-2-3-17(13-24)21-22-20-5-4-18(14-26(20)23-21)25-8-10-27-11-9-25/h4-6,12,14,17H,2-3,7-11,13,15H2,1H3/t17-/m0/s1. The van der Waals surface area contributed by atoms with E-state index in [2.05, 4.69) is 46.5 Å². The molecule has 0 bridgehead atoms. The molecule has 0 aromatic carbocycles. The number of fused-ring (bicyclic) bond motifs is 1. The summed E-state index contributed by atoms with van der Waals surface area (Å²) < 4.78 is 7.43. The van der Waals surface area contributed by atoms with Gasteiger partial charge in [-0.1, -0.05) is 0 Å². The van der Waals surface area contributed by atoms with Gasteiger partial charge in [-0.15, -0.1) is 11.3 Å². The summed E-state index contributed by atoms with van der Waals surface area (Å²) in [6, 6.07) is 6.47. The summed E-state index contributed by atoms with van der Waals surface area (Å²) in [5, 5.41) is 7.06. The topological polar surface area (TPSA) is 45.9 Å². The summed E-state index contributed by atoms with van der Waals surface area (Å²) in [6.07, 6.45) is 4.50. The van der Waals surface area contributed by atoms with Crippen LogP contribution < -0.4 is 4.90 Å². The van der Waals surface area contributed by atoms with Crippen LogP contribution in [0.15, 0.2) is 29.8 Å². The molecule has 2 saturated heterocycles. The predicted molar refractivity (Wildman–Crippen MR) is 112 cm³/mol. The van der Waals surface area contributed by atoms with Crippen LogP contribution >= 0.6 is 11.3 Å². The van der Waals surface area contributed by atoms with E-state index >= 15 is 0 Å². The summed E-state index contributed by atoms with van der Waals surface area (Å²) in [5.41, 5.74) is 3.55. The number of hydrogen-bond donors (Lipinski definition) is 0. The Hall–Kier alpha value is -1.96. The highest BCUT2D eigenvalue weighted by atomic mass is 32.1. The van der Waals surface area contributed by atoms with Crippen LogP contribution in [0.2, 0.25) is 0 Å². The highest BCUT2D eigenvalue weighted by Gasteiger charge is 2.25. The lowest BCUT2D eigenvalue weighted by molar-refractivity contribution is 0.122. The lowest BCUT2D eigenvalue weighted by Gasteiger charge is -2.31. The van der Waals surface area contributed by atoms with Crippen LogP contribution in [0.5, 0.6) is 0 Å². The fourth-order valence-corrected chi connectivity index (χ4v) is 5.20. The quantitative estimate of drug-likeness (QED) is 0.676. The van der Waals surface area contributed by atoms with Crippen molar-refractivity contribution in [1.29, 1.82) is 0 Å². The van der Waals surface area contributed by atoms with Crippen molar-refractivity contribution in [2.24, 2.45) is 0 Å². The van der Waals surface area contributed by atoms with Crippen molar-refractivity contribution in [2.45, 2.75) is 32.2 Å². The molecule has 6 nitrogen and oxygen atoms in total. The molecule has 0 N–H and O–H groups in total. The fraction of sp³-hybridized carbons (Fsp3) is 0.524. The average molecular weight is 398 g/mol. The van der Waals surface area contributed by atoms with Crippen LogP contribution in [0.3, 0.4) is 0 Å². The first-order valence-corrected chi connectivity index (χ1v) is 11.1. The molecular weight excluding hydrogens is 370 g/mol. The number of piperidine rings is 1. The minimum atomic E-state index is 0.417. The molecule has 2 fully saturated rings. The van der Waals surface area contributed by atoms with Crippen molar-refractivity contribution < 1.29 is 4.74 Å². The third-order valence-electron chi connectivity index (χ3n) is 5.91. The highest BCUT2D eigenvalue weighted by Crippen LogP contribution is 2.28. The molecule has 2 aliphatic heterocycles. The number of thiophene rings is 1. The van der Waals surface area contributed by atoms with Gasteiger partial charge in [-0.3, -0.25) is 4.90 Å². The molecule has 0 spiro atoms. The third-order valence-corrected chi connectivity index (χ3v) is 6.92. The number of hydrogen-bond acceptors (Lipinski definition) is 6. The summed E-state index contributed by atoms with van der Waals surface area (Å²) in [7, 11) is 0. The largest absolute Gasteiger partial charge is 0.378 e. The van der Waals surface area contributed by atoms with Gasteiger partial charge in [0.15, 0.2) is 11.5 Å². The maximum Gasteiger partial charge on any atom is 0.156 e. The Balaban J connectivity index is 1.32. The normalized spacial score (nSPS) is 21.5. The van der Waals surface area contributed by atoms with E-state index in [0.29, 0.717) is 5.92 Å². The van der Waals surface area contributed by atoms with E-state index in [0.717, 1.165) is 50.9 Å². The van der Waals surface area contributed by atoms with Crippen LogP contribution in [-0.2, 0) is 11.3 Å². The Morgan fingerprint density at radius 2 is 2.07 bits per heavy atom. The van der Waals surface area contributed by atoms with Crippen molar-refractivity contribution in [2.75, 3.05) is 44.3 Å². The van der Waals surface area contributed by atoms with Crippen LogP contribution in [0.25, 0.3) is 5.65 Å². The maximum atomic E-state index is 5.47. The first kappa shape index (κ1) is 18.1. The second-order valence-electron chi connectivity index (χ2n) is 7.86. The SMILES string of the molecule is Cc1ccsc1CN1CCC[C@H](c2nc3ccc(N4CCOCC4)cn3n2)C1. The molecule has 0 unspecified atom stereocenters. The highest BCUT2D eigenvalue weighted by molar-refractivity contribution is 7.10. The zero-order valence-electron chi connectivity index (χ0n) is 16.4. The number of morpholine rings is 1. The van der Waals surface area contributed by atoms with Gasteiger partial charge >= 0.3 is 0 Å². The van der Waals surface area contributed by atoms with Gasteiger partial charge in [0.1, 0.15) is 0 Å². The summed E-state index contributed by atoms with van der Waals surface area (Å²) in [6.45, 7) is 8.94. The molecule has 0 aliphatic carbocycles. The Labute approximate surface area is 169 Å². The Bertz CT molecular complexity index is 945. The number of anilines is 1. The third kappa shape index (κ3) is 3.66. The van der Waals surface area contributed by atoms with Crippen LogP contribution in [0.1, 0.15) is 35.0 Å². The predicted octanol–water partition coefficient (Wildman–Crippen LogP) is 3.32. The van der Waals surface area contributed by atoms with Gasteiger partial charge in [0.2, 0.25) is 0 Å². The molecule has 3 aromatic rings. The van der Waals surface area contributed by atoms with Crippen molar-refractivity contribution in [3.63, 3.8) is 0 Å². The first-order chi connectivity index (χ1) is 13.8. The molecule has 28 heavy (non-hydrogen) atoms. The smallest absolute Gasteiger partial charge is 0.156 e. The van der Waals surface area contributed by atoms with Gasteiger partial charge in [0.05, 0.1) is 25.1 Å². The van der Waals surface area contributed by atoms with E-state index in [4.69, 9.17) is 14.8 Å². The first-order valence-electron chi connectivity index (χ1n) is 10.2. The van der Waals surface area contributed by atoms with Crippen molar-refractivity contribution in [3.05, 3.63) is 46.0 Å². The Morgan fingerprint density at radius 1 is 1.18 bits per heavy atom. The van der Waals surface area contributed by atoms with Crippen LogP contribution in [0.4, 0.5) is 5.69 Å². The number of likely N-dealkylation sites (tertiary alicyclic amines) is 1. The molecular formula is C21H27N5OS. The van der Waals surface area contributed by atoms with Crippen molar-refractivity contribution >= 4 is 22.7 Å². The molecule has 3 aromatic heterocycles. The van der Waals surface area contributed by atoms with E-state index in [1.807, 2.05) is 15.9 Å². The molecule has 0 saturated carbocycles. The second kappa shape index (κ2) is 7.81. The zero-order chi connectivity index (χ0) is 18.9. The van der Waals surface area contributed by atoms with Gasteiger partial charge in [-0.25, -0.2) is 9.50 Å². The fourth-order valence-electron chi connectivity index (χ4n) is 4.25. The number of ether oxygens (including phenoxy) is 1. The van der Waals surface area contributed by atoms with E-state index in [-0.39, 0.29) is 0 Å². The van der Waals surface area contributed by atoms with E-state index < -0.39 is 0 Å². The van der Waals surface area contributed by atoms with Gasteiger partial charge in [0, 0.05) is 37.0 Å². The van der Waals surface area contributed by atoms with Crippen LogP contribution in [0, 0.1) is 6.92 Å². The summed E-state index contributed by atoms with van der Waals surface area (Å²) in [4.78, 5) is 11.3. The number of aromatic nitrogens is 3. The number of aryl methyl sites for hydroxylation is 1. The van der Waals surface area contributed by atoms with Gasteiger partial charge in [0.25, 0.3) is 0 Å². The van der Waals surface area contributed by atoms with Crippen LogP contribution in [-0.4, -0.2) is 58.9 Å². The van der Waals surface area contributed by atoms with E-state index in [9.17, 15) is 0 Å². The Kier molecular flexibility index (Phi) is 5.05. The number of nitrogens with zero attached hydrogens (tertiary/aromatic N) is 5. The lowest BCUT2D eigenvalue weighted by Crippen LogP contribution is -2.36. The van der Waals surface area contributed by atoms with Gasteiger partial charge in [-0.2, -0.15) is 5.10 Å². The molecule has 0 amide bonds. The van der Waals surface area contributed by atoms with E-state index in [1.54, 1.807) is 0 Å². The Morgan fingerprint density at radius 3 is 2.89 bits per heavy atom. The molecule has 2 aliphatic rings. The summed E-state index contributed by atoms with van der Waals surface area (Å²) >= 11 is 1.87. The van der Waals surface area contributed by atoms with Gasteiger partial charge in [-0.05, 0) is 55.5 Å². The van der Waals surface area contributed by atoms with Crippen molar-refractivity contribution in [3.8, 4) is 0 Å². The molecule has 7 heteroatoms. The second-order valence-corrected chi connectivity index (χ2v) is 8.86. The average Bonchev–Trinajstić information content (AvgIpc) is 3.34. The monoisotopic (exact) mass is 397 g/mol. The number of rotatable bonds is 4. The molecule has 148 valence electrons. The lowest BCUT2D eigenvalue weighted by atomic mass is 9.97. The summed E-state index contributed by atoms with van der Waals surface area (Å²) in [5.74, 6) is 1.41. The van der Waals surface area contributed by atoms with Gasteiger partial charge < -0.3 is 9.64 Å². The minimum Gasteiger partial charge on any atom is -0.378 e. The van der Waals surface area contributed by atoms with E-state index in [1.165, 1.54) is 35.5 Å². The zero-order valence-corrected chi connectivity index (χ0v) is 17.2. The molecule has 5 heterocycles. The minimum absolute atomic E-state index is 0.417. The number of pyridine rings is 1. The molecule has 1 atom stereocenters. The maximum absolute atomic E-state index is 5.47. The van der Waals surface area contributed by atoms with Crippen molar-refractivity contribution in [1.82, 2.24) is 19.5 Å².